The van der Waals surface area contributed by atoms with Crippen LogP contribution in [0.15, 0.2) is 204 Å². The van der Waals surface area contributed by atoms with E-state index in [1.54, 1.807) is 77.7 Å². The highest BCUT2D eigenvalue weighted by Gasteiger charge is 2.16. The van der Waals surface area contributed by atoms with E-state index in [0.717, 1.165) is 0 Å². The number of hydrogen-bond donors (Lipinski definition) is 0. The van der Waals surface area contributed by atoms with Crippen LogP contribution in [0.5, 0.6) is 0 Å². The summed E-state index contributed by atoms with van der Waals surface area (Å²) in [4.78, 5) is 1.75. The lowest BCUT2D eigenvalue weighted by Crippen LogP contribution is -2.09. The highest BCUT2D eigenvalue weighted by molar-refractivity contribution is 6.12. The second-order valence-corrected chi connectivity index (χ2v) is 11.7. The fraction of sp³-hybridized carbons (Fsp3) is 0. The third-order valence-corrected chi connectivity index (χ3v) is 8.82. The Morgan fingerprint density at radius 3 is 1.27 bits per heavy atom. The van der Waals surface area contributed by atoms with Crippen molar-refractivity contribution >= 4 is 60.5 Å². The van der Waals surface area contributed by atoms with Crippen LogP contribution in [0.3, 0.4) is 0 Å². The van der Waals surface area contributed by atoms with E-state index >= 15 is 0 Å². The number of fused-ring (bicyclic) bond motifs is 5. The molecule has 0 aliphatic heterocycles. The van der Waals surface area contributed by atoms with Crippen molar-refractivity contribution in [2.75, 3.05) is 4.90 Å². The predicted molar refractivity (Wildman–Crippen MR) is 220 cm³/mol. The number of para-hydroxylation sites is 1. The maximum atomic E-state index is 9.05. The second kappa shape index (κ2) is 12.5. The summed E-state index contributed by atoms with van der Waals surface area (Å²) in [5.74, 6) is 0. The molecule has 0 atom stereocenters. The summed E-state index contributed by atoms with van der Waals surface area (Å²) in [6.45, 7) is 0. The van der Waals surface area contributed by atoms with Crippen molar-refractivity contribution in [3.05, 3.63) is 200 Å². The molecule has 0 saturated heterocycles. The van der Waals surface area contributed by atoms with Crippen LogP contribution in [0.25, 0.3) is 76.9 Å². The lowest BCUT2D eigenvalue weighted by atomic mass is 9.97. The first kappa shape index (κ1) is 15.6. The summed E-state index contributed by atoms with van der Waals surface area (Å²) in [5, 5.41) is -0.656. The lowest BCUT2D eigenvalue weighted by molar-refractivity contribution is 0.669. The molecule has 0 aliphatic rings. The van der Waals surface area contributed by atoms with Crippen molar-refractivity contribution in [2.45, 2.75) is 0 Å². The Morgan fingerprint density at radius 2 is 0.731 bits per heavy atom. The van der Waals surface area contributed by atoms with Crippen molar-refractivity contribution in [1.29, 1.82) is 0 Å². The van der Waals surface area contributed by atoms with Gasteiger partial charge in [0.05, 0.1) is 28.8 Å². The van der Waals surface area contributed by atoms with Gasteiger partial charge in [0.1, 0.15) is 11.2 Å². The minimum Gasteiger partial charge on any atom is -0.456 e. The number of nitrogens with zero attached hydrogens (tertiary/aromatic N) is 1. The van der Waals surface area contributed by atoms with Gasteiger partial charge in [-0.2, -0.15) is 0 Å². The Kier molecular flexibility index (Phi) is 3.72. The Labute approximate surface area is 332 Å². The Balaban J connectivity index is 1.17. The monoisotopic (exact) mass is 684 g/mol. The van der Waals surface area contributed by atoms with Crippen LogP contribution in [-0.4, -0.2) is 0 Å². The summed E-state index contributed by atoms with van der Waals surface area (Å²) >= 11 is 0. The van der Waals surface area contributed by atoms with Gasteiger partial charge in [0.2, 0.25) is 0 Å². The fourth-order valence-electron chi connectivity index (χ4n) is 6.41. The zero-order valence-electron chi connectivity index (χ0n) is 47.8. The molecule has 0 N–H and O–H groups in total. The van der Waals surface area contributed by atoms with E-state index < -0.39 is 127 Å². The average Bonchev–Trinajstić information content (AvgIpc) is 3.79. The number of furan rings is 1. The maximum absolute atomic E-state index is 9.05. The van der Waals surface area contributed by atoms with E-state index in [1.807, 2.05) is 0 Å². The van der Waals surface area contributed by atoms with Crippen LogP contribution in [-0.2, 0) is 0 Å². The zero-order valence-corrected chi connectivity index (χ0v) is 26.8. The molecule has 1 heterocycles. The molecule has 244 valence electrons. The Hall–Kier alpha value is -6.90. The first-order chi connectivity index (χ1) is 34.5. The van der Waals surface area contributed by atoms with Gasteiger partial charge in [0.25, 0.3) is 0 Å². The highest BCUT2D eigenvalue weighted by atomic mass is 16.3. The zero-order chi connectivity index (χ0) is 52.7. The van der Waals surface area contributed by atoms with Gasteiger partial charge in [0, 0.05) is 27.8 Å². The van der Waals surface area contributed by atoms with Crippen molar-refractivity contribution < 1.29 is 33.2 Å². The summed E-state index contributed by atoms with van der Waals surface area (Å²) < 4.78 is 186. The molecule has 2 heteroatoms. The van der Waals surface area contributed by atoms with Crippen molar-refractivity contribution in [2.24, 2.45) is 0 Å². The molecule has 1 aromatic heterocycles. The molecular formula is C50H33NO. The molecule has 0 bridgehead atoms. The van der Waals surface area contributed by atoms with Crippen LogP contribution in [0.1, 0.15) is 28.8 Å². The van der Waals surface area contributed by atoms with Gasteiger partial charge in [-0.05, 0) is 103 Å². The minimum absolute atomic E-state index is 0.000250. The molecule has 52 heavy (non-hydrogen) atoms. The van der Waals surface area contributed by atoms with Gasteiger partial charge in [0.15, 0.2) is 0 Å². The molecule has 0 unspecified atom stereocenters. The summed E-state index contributed by atoms with van der Waals surface area (Å²) in [5.41, 5.74) is 1.87. The number of benzene rings is 9. The fourth-order valence-corrected chi connectivity index (χ4v) is 6.41. The largest absolute Gasteiger partial charge is 0.456 e. The van der Waals surface area contributed by atoms with Crippen LogP contribution < -0.4 is 4.90 Å². The predicted octanol–water partition coefficient (Wildman–Crippen LogP) is 14.4. The SMILES string of the molecule is [2H]c1c([2H])c([2H])c2c(oc3c([2H])c([2H])c([2H])c(-c4ccc(N(c5ccc(-c6c([2H])c([2H])c([2H])c7c([2H])c([2H])c([2H])c([2H])c67)cc5)c5ccc(-c6c([2H])c([2H])c([2H])c7c([2H])c([2H])c([2H])c([2H])c67)cc5)cc4)c32)c1[2H]. The van der Waals surface area contributed by atoms with E-state index in [9.17, 15) is 0 Å². The first-order valence-electron chi connectivity index (χ1n) is 26.5. The molecule has 10 aromatic rings. The van der Waals surface area contributed by atoms with E-state index in [0.29, 0.717) is 22.6 Å². The molecule has 0 aliphatic carbocycles. The highest BCUT2D eigenvalue weighted by Crippen LogP contribution is 2.41. The first-order valence-corrected chi connectivity index (χ1v) is 16.0. The van der Waals surface area contributed by atoms with Crippen LogP contribution >= 0.6 is 0 Å². The second-order valence-electron chi connectivity index (χ2n) is 11.7. The quantitative estimate of drug-likeness (QED) is 0.173. The minimum atomic E-state index is -0.593. The van der Waals surface area contributed by atoms with Gasteiger partial charge in [-0.25, -0.2) is 0 Å². The third kappa shape index (κ3) is 5.12. The molecule has 10 rings (SSSR count). The molecular weight excluding hydrogens is 631 g/mol. The molecule has 0 spiro atoms. The molecule has 0 amide bonds. The van der Waals surface area contributed by atoms with Crippen LogP contribution in [0.4, 0.5) is 17.1 Å². The van der Waals surface area contributed by atoms with Crippen molar-refractivity contribution in [3.63, 3.8) is 0 Å². The molecule has 0 fully saturated rings. The Morgan fingerprint density at radius 1 is 0.346 bits per heavy atom. The molecule has 0 radical (unpaired) electrons. The summed E-state index contributed by atoms with van der Waals surface area (Å²) in [6.07, 6.45) is 0. The smallest absolute Gasteiger partial charge is 0.136 e. The van der Waals surface area contributed by atoms with Crippen LogP contribution in [0, 0.1) is 0 Å². The summed E-state index contributed by atoms with van der Waals surface area (Å²) in [7, 11) is 0. The summed E-state index contributed by atoms with van der Waals surface area (Å²) in [6, 6.07) is 8.64. The van der Waals surface area contributed by atoms with Crippen molar-refractivity contribution in [3.8, 4) is 33.4 Å². The van der Waals surface area contributed by atoms with Gasteiger partial charge in [-0.1, -0.05) is 151 Å². The van der Waals surface area contributed by atoms with E-state index in [-0.39, 0.29) is 71.3 Å². The van der Waals surface area contributed by atoms with E-state index in [4.69, 9.17) is 33.2 Å². The number of hydrogen-bond acceptors (Lipinski definition) is 2. The number of anilines is 3. The van der Waals surface area contributed by atoms with Gasteiger partial charge < -0.3 is 9.32 Å². The maximum Gasteiger partial charge on any atom is 0.136 e. The Bertz CT molecular complexity index is 3900. The van der Waals surface area contributed by atoms with Crippen LogP contribution in [0.2, 0.25) is 0 Å². The molecule has 0 saturated carbocycles. The number of rotatable bonds is 6. The topological polar surface area (TPSA) is 16.4 Å². The van der Waals surface area contributed by atoms with Gasteiger partial charge in [-0.3, -0.25) is 0 Å². The normalized spacial score (nSPS) is 17.1. The van der Waals surface area contributed by atoms with E-state index in [1.165, 1.54) is 0 Å². The van der Waals surface area contributed by atoms with Gasteiger partial charge in [-0.15, -0.1) is 0 Å². The average molecular weight is 685 g/mol. The lowest BCUT2D eigenvalue weighted by Gasteiger charge is -2.26. The van der Waals surface area contributed by atoms with Gasteiger partial charge >= 0.3 is 0 Å². The molecule has 9 aromatic carbocycles. The van der Waals surface area contributed by atoms with E-state index in [2.05, 4.69) is 0 Å². The third-order valence-electron chi connectivity index (χ3n) is 8.82. The molecule has 2 nitrogen and oxygen atoms in total. The van der Waals surface area contributed by atoms with Crippen molar-refractivity contribution in [1.82, 2.24) is 0 Å². The standard InChI is InChI=1S/C50H33NO/c1-3-14-42-34(10-1)12-7-17-44(42)36-22-28-39(29-23-36)51(40-30-24-37(25-31-40)45-18-8-13-35-11-2-4-15-43(35)45)41-32-26-38(27-33-41)46-19-9-21-49-50(46)47-16-5-6-20-48(47)52-49/h1-33H/i1D,2D,3D,4D,5D,6D,7D,8D,9D,10D,11D,12D,13D,14D,15D,16D,17D,18D,19D,20D,21D.